The minimum absolute atomic E-state index is 0.0661. The van der Waals surface area contributed by atoms with Crippen molar-refractivity contribution in [3.05, 3.63) is 0 Å². The van der Waals surface area contributed by atoms with E-state index in [4.69, 9.17) is 4.74 Å². The van der Waals surface area contributed by atoms with Crippen LogP contribution in [0.1, 0.15) is 51.9 Å². The highest BCUT2D eigenvalue weighted by molar-refractivity contribution is 5.85. The van der Waals surface area contributed by atoms with Crippen molar-refractivity contribution in [3.63, 3.8) is 0 Å². The van der Waals surface area contributed by atoms with Crippen LogP contribution >= 0.6 is 0 Å². The molecule has 2 rings (SSSR count). The van der Waals surface area contributed by atoms with Gasteiger partial charge in [-0.1, -0.05) is 26.2 Å². The molecule has 1 aliphatic carbocycles. The quantitative estimate of drug-likeness (QED) is 0.851. The minimum atomic E-state index is -0.853. The molecule has 19 heavy (non-hydrogen) atoms. The highest BCUT2D eigenvalue weighted by atomic mass is 16.5. The Morgan fingerprint density at radius 2 is 2.05 bits per heavy atom. The van der Waals surface area contributed by atoms with Crippen LogP contribution in [0.3, 0.4) is 0 Å². The summed E-state index contributed by atoms with van der Waals surface area (Å²) in [5.74, 6) is 0.511. The topological polar surface area (TPSA) is 62.1 Å². The first-order valence-corrected chi connectivity index (χ1v) is 7.52. The average molecular weight is 264 g/mol. The van der Waals surface area contributed by atoms with Crippen molar-refractivity contribution in [2.75, 3.05) is 13.2 Å². The maximum absolute atomic E-state index is 12.5. The van der Waals surface area contributed by atoms with Crippen LogP contribution in [0.2, 0.25) is 0 Å². The summed E-state index contributed by atoms with van der Waals surface area (Å²) in [6, 6.07) is 2.51. The monoisotopic (exact) mass is 264 g/mol. The van der Waals surface area contributed by atoms with Gasteiger partial charge >= 0.3 is 0 Å². The Kier molecular flexibility index (Phi) is 4.81. The van der Waals surface area contributed by atoms with Gasteiger partial charge in [-0.3, -0.25) is 4.79 Å². The van der Waals surface area contributed by atoms with Gasteiger partial charge in [0.2, 0.25) is 5.91 Å². The molecule has 2 aliphatic rings. The molecular formula is C15H24N2O2. The maximum atomic E-state index is 12.5. The second-order valence-corrected chi connectivity index (χ2v) is 5.84. The van der Waals surface area contributed by atoms with Gasteiger partial charge in [0, 0.05) is 19.3 Å². The largest absolute Gasteiger partial charge is 0.381 e. The van der Waals surface area contributed by atoms with E-state index in [0.717, 1.165) is 12.8 Å². The van der Waals surface area contributed by atoms with Crippen LogP contribution in [0.15, 0.2) is 0 Å². The minimum Gasteiger partial charge on any atom is -0.381 e. The normalized spacial score (nSPS) is 30.3. The van der Waals surface area contributed by atoms with E-state index in [-0.39, 0.29) is 11.9 Å². The lowest BCUT2D eigenvalue weighted by Gasteiger charge is -2.35. The van der Waals surface area contributed by atoms with Crippen molar-refractivity contribution in [1.82, 2.24) is 5.32 Å². The van der Waals surface area contributed by atoms with Gasteiger partial charge in [-0.15, -0.1) is 0 Å². The van der Waals surface area contributed by atoms with E-state index in [1.54, 1.807) is 0 Å². The lowest BCUT2D eigenvalue weighted by molar-refractivity contribution is -0.133. The molecule has 4 heteroatoms. The van der Waals surface area contributed by atoms with E-state index in [9.17, 15) is 10.1 Å². The number of amides is 1. The van der Waals surface area contributed by atoms with Crippen LogP contribution < -0.4 is 5.32 Å². The first kappa shape index (κ1) is 14.3. The molecule has 0 spiro atoms. The van der Waals surface area contributed by atoms with E-state index in [1.807, 2.05) is 0 Å². The SMILES string of the molecule is CCC1CCCCC1NC(=O)C1(C#N)CCOCC1. The van der Waals surface area contributed by atoms with Crippen molar-refractivity contribution >= 4 is 5.91 Å². The lowest BCUT2D eigenvalue weighted by atomic mass is 9.78. The molecule has 106 valence electrons. The zero-order valence-corrected chi connectivity index (χ0v) is 11.8. The number of nitriles is 1. The summed E-state index contributed by atoms with van der Waals surface area (Å²) in [4.78, 5) is 12.5. The molecule has 2 atom stereocenters. The third-order valence-corrected chi connectivity index (χ3v) is 4.74. The molecule has 0 aromatic rings. The van der Waals surface area contributed by atoms with Crippen molar-refractivity contribution < 1.29 is 9.53 Å². The predicted molar refractivity (Wildman–Crippen MR) is 72.3 cm³/mol. The van der Waals surface area contributed by atoms with Crippen LogP contribution in [0.4, 0.5) is 0 Å². The molecular weight excluding hydrogens is 240 g/mol. The molecule has 2 unspecified atom stereocenters. The molecule has 0 aromatic heterocycles. The van der Waals surface area contributed by atoms with Crippen molar-refractivity contribution in [1.29, 1.82) is 5.26 Å². The van der Waals surface area contributed by atoms with Gasteiger partial charge in [0.05, 0.1) is 6.07 Å². The highest BCUT2D eigenvalue weighted by Gasteiger charge is 2.41. The number of ether oxygens (including phenoxy) is 1. The van der Waals surface area contributed by atoms with E-state index in [1.165, 1.54) is 19.3 Å². The third kappa shape index (κ3) is 3.09. The molecule has 0 radical (unpaired) electrons. The summed E-state index contributed by atoms with van der Waals surface area (Å²) < 4.78 is 5.28. The Morgan fingerprint density at radius 3 is 2.68 bits per heavy atom. The van der Waals surface area contributed by atoms with Crippen LogP contribution in [-0.4, -0.2) is 25.2 Å². The number of carbonyl (C=O) groups excluding carboxylic acids is 1. The molecule has 4 nitrogen and oxygen atoms in total. The Labute approximate surface area is 115 Å². The molecule has 0 aromatic carbocycles. The third-order valence-electron chi connectivity index (χ3n) is 4.74. The number of carbonyl (C=O) groups is 1. The van der Waals surface area contributed by atoms with Gasteiger partial charge in [0.25, 0.3) is 0 Å². The smallest absolute Gasteiger partial charge is 0.240 e. The van der Waals surface area contributed by atoms with Crippen LogP contribution in [-0.2, 0) is 9.53 Å². The Hall–Kier alpha value is -1.08. The fourth-order valence-electron chi connectivity index (χ4n) is 3.30. The van der Waals surface area contributed by atoms with Crippen LogP contribution in [0.5, 0.6) is 0 Å². The van der Waals surface area contributed by atoms with E-state index in [0.29, 0.717) is 32.0 Å². The number of nitrogens with one attached hydrogen (secondary N) is 1. The van der Waals surface area contributed by atoms with Gasteiger partial charge in [-0.25, -0.2) is 0 Å². The molecule has 1 aliphatic heterocycles. The molecule has 1 N–H and O–H groups in total. The Bertz CT molecular complexity index is 356. The predicted octanol–water partition coefficient (Wildman–Crippen LogP) is 2.39. The van der Waals surface area contributed by atoms with Crippen molar-refractivity contribution in [2.45, 2.75) is 57.9 Å². The van der Waals surface area contributed by atoms with Gasteiger partial charge < -0.3 is 10.1 Å². The zero-order valence-electron chi connectivity index (χ0n) is 11.8. The summed E-state index contributed by atoms with van der Waals surface area (Å²) in [5, 5.41) is 12.6. The van der Waals surface area contributed by atoms with E-state index >= 15 is 0 Å². The highest BCUT2D eigenvalue weighted by Crippen LogP contribution is 2.32. The molecule has 1 saturated heterocycles. The van der Waals surface area contributed by atoms with E-state index in [2.05, 4.69) is 18.3 Å². The molecule has 1 amide bonds. The number of hydrogen-bond donors (Lipinski definition) is 1. The standard InChI is InChI=1S/C15H24N2O2/c1-2-12-5-3-4-6-13(12)17-14(18)15(11-16)7-9-19-10-8-15/h12-13H,2-10H2,1H3,(H,17,18). The first-order chi connectivity index (χ1) is 9.22. The Morgan fingerprint density at radius 1 is 1.37 bits per heavy atom. The fraction of sp³-hybridized carbons (Fsp3) is 0.867. The number of hydrogen-bond acceptors (Lipinski definition) is 3. The summed E-state index contributed by atoms with van der Waals surface area (Å²) in [7, 11) is 0. The number of rotatable bonds is 3. The molecule has 1 saturated carbocycles. The number of nitrogens with zero attached hydrogens (tertiary/aromatic N) is 1. The van der Waals surface area contributed by atoms with Crippen molar-refractivity contribution in [3.8, 4) is 6.07 Å². The fourth-order valence-corrected chi connectivity index (χ4v) is 3.30. The van der Waals surface area contributed by atoms with E-state index < -0.39 is 5.41 Å². The summed E-state index contributed by atoms with van der Waals surface area (Å²) in [5.41, 5.74) is -0.853. The second-order valence-electron chi connectivity index (χ2n) is 5.84. The average Bonchev–Trinajstić information content (AvgIpc) is 2.48. The zero-order chi connectivity index (χ0) is 13.7. The Balaban J connectivity index is 2.00. The lowest BCUT2D eigenvalue weighted by Crippen LogP contribution is -2.50. The second kappa shape index (κ2) is 6.38. The first-order valence-electron chi connectivity index (χ1n) is 7.52. The summed E-state index contributed by atoms with van der Waals surface area (Å²) in [6.07, 6.45) is 6.86. The molecule has 1 heterocycles. The van der Waals surface area contributed by atoms with Gasteiger partial charge in [-0.05, 0) is 31.6 Å². The van der Waals surface area contributed by atoms with Gasteiger partial charge in [0.1, 0.15) is 5.41 Å². The molecule has 0 bridgehead atoms. The summed E-state index contributed by atoms with van der Waals surface area (Å²) in [6.45, 7) is 3.22. The van der Waals surface area contributed by atoms with Gasteiger partial charge in [-0.2, -0.15) is 5.26 Å². The van der Waals surface area contributed by atoms with Crippen molar-refractivity contribution in [2.24, 2.45) is 11.3 Å². The van der Waals surface area contributed by atoms with Crippen LogP contribution in [0.25, 0.3) is 0 Å². The maximum Gasteiger partial charge on any atom is 0.240 e. The van der Waals surface area contributed by atoms with Crippen LogP contribution in [0, 0.1) is 22.7 Å². The van der Waals surface area contributed by atoms with Gasteiger partial charge in [0.15, 0.2) is 0 Å². The molecule has 2 fully saturated rings. The summed E-state index contributed by atoms with van der Waals surface area (Å²) >= 11 is 0.